The van der Waals surface area contributed by atoms with Gasteiger partial charge in [0, 0.05) is 64.3 Å². The van der Waals surface area contributed by atoms with Crippen molar-refractivity contribution in [3.05, 3.63) is 286 Å². The zero-order chi connectivity index (χ0) is 82.3. The van der Waals surface area contributed by atoms with Crippen molar-refractivity contribution < 1.29 is 88.3 Å². The molecular weight excluding hydrogens is 1490 g/mol. The van der Waals surface area contributed by atoms with E-state index >= 15 is 0 Å². The number of nitrogens with zero attached hydrogens (tertiary/aromatic N) is 6. The van der Waals surface area contributed by atoms with Gasteiger partial charge in [-0.15, -0.1) is 0 Å². The van der Waals surface area contributed by atoms with Gasteiger partial charge in [0.1, 0.15) is 18.0 Å². The molecule has 12 aromatic rings. The Kier molecular flexibility index (Phi) is 25.8. The van der Waals surface area contributed by atoms with E-state index < -0.39 is 83.8 Å². The molecule has 0 aliphatic rings. The number of aromatic nitrogens is 4. The molecule has 3 N–H and O–H groups in total. The van der Waals surface area contributed by atoms with E-state index in [1.54, 1.807) is 62.4 Å². The largest absolute Gasteiger partial charge is 0.497 e. The number of aliphatic carboxylic acids is 1. The number of halogens is 6. The number of carbonyl (C=O) groups is 7. The van der Waals surface area contributed by atoms with E-state index in [4.69, 9.17) is 23.3 Å². The number of carboxylic acids is 1. The highest BCUT2D eigenvalue weighted by Gasteiger charge is 2.37. The summed E-state index contributed by atoms with van der Waals surface area (Å²) in [6.07, 6.45) is -10.7. The Morgan fingerprint density at radius 2 is 0.774 bits per heavy atom. The number of rotatable bonds is 27. The first-order valence-electron chi connectivity index (χ1n) is 35.8. The fourth-order valence-electron chi connectivity index (χ4n) is 12.4. The van der Waals surface area contributed by atoms with E-state index in [-0.39, 0.29) is 77.0 Å². The van der Waals surface area contributed by atoms with E-state index in [0.717, 1.165) is 50.4 Å². The molecule has 0 radical (unpaired) electrons. The molecule has 0 bridgehead atoms. The summed E-state index contributed by atoms with van der Waals surface area (Å²) in [5.41, 5.74) is 8.03. The van der Waals surface area contributed by atoms with Crippen molar-refractivity contribution in [3.8, 4) is 79.4 Å². The number of nitrogens with one attached hydrogen (secondary N) is 2. The highest BCUT2D eigenvalue weighted by molar-refractivity contribution is 6.00. The smallest absolute Gasteiger partial charge is 0.416 e. The summed E-state index contributed by atoms with van der Waals surface area (Å²) in [4.78, 5) is 102. The van der Waals surface area contributed by atoms with Gasteiger partial charge in [0.05, 0.1) is 57.3 Å². The van der Waals surface area contributed by atoms with Crippen LogP contribution < -0.4 is 20.1 Å². The van der Waals surface area contributed by atoms with Gasteiger partial charge in [-0.2, -0.15) is 36.3 Å². The number of benzene rings is 10. The first-order valence-corrected chi connectivity index (χ1v) is 35.8. The van der Waals surface area contributed by atoms with E-state index in [9.17, 15) is 65.0 Å². The number of hydrogen-bond donors (Lipinski definition) is 3. The highest BCUT2D eigenvalue weighted by Crippen LogP contribution is 2.38. The minimum absolute atomic E-state index is 0.00595. The fourth-order valence-corrected chi connectivity index (χ4v) is 12.4. The third kappa shape index (κ3) is 21.6. The van der Waals surface area contributed by atoms with Gasteiger partial charge >= 0.3 is 24.3 Å². The summed E-state index contributed by atoms with van der Waals surface area (Å²) in [6, 6.07) is 64.2. The quantitative estimate of drug-likeness (QED) is 0.0319. The zero-order valence-electron chi connectivity index (χ0n) is 63.2. The van der Waals surface area contributed by atoms with Gasteiger partial charge in [-0.05, 0) is 169 Å². The molecule has 21 nitrogen and oxygen atoms in total. The number of ether oxygens (including phenoxy) is 3. The van der Waals surface area contributed by atoms with Crippen molar-refractivity contribution >= 4 is 52.7 Å². The molecular formula is C88H76F6N8O13. The van der Waals surface area contributed by atoms with E-state index in [1.807, 2.05) is 62.4 Å². The first kappa shape index (κ1) is 82.1. The minimum Gasteiger partial charge on any atom is -0.497 e. The van der Waals surface area contributed by atoms with E-state index in [1.165, 1.54) is 110 Å². The van der Waals surface area contributed by atoms with Crippen LogP contribution in [-0.2, 0) is 67.0 Å². The Bertz CT molecular complexity index is 5460. The first-order chi connectivity index (χ1) is 54.9. The molecule has 0 fully saturated rings. The maximum absolute atomic E-state index is 14.0. The lowest BCUT2D eigenvalue weighted by molar-refractivity contribution is -0.152. The average Bonchev–Trinajstić information content (AvgIpc) is 1.81. The molecule has 4 amide bonds. The molecule has 0 saturated carbocycles. The normalized spacial score (nSPS) is 11.3. The number of methoxy groups -OCH3 is 3. The second kappa shape index (κ2) is 36.1. The summed E-state index contributed by atoms with van der Waals surface area (Å²) < 4.78 is 108. The molecule has 12 rings (SSSR count). The lowest BCUT2D eigenvalue weighted by Gasteiger charge is -2.25. The SMILES string of the molecule is COC(=O)C(C)(C)CC(=O)CN(Cc1ccc(-c2noc(-c3ccc(-c4ccc(C)cc4)cc3)n2)cc1)C(=O)c1ccc(NC(=O)Cc2ccc(OC)cc2C(F)(F)F)cc1.COc1ccc(CC(=O)Nc2ccc(C(=O)N(CC(=O)O)Cc3ccc(-c4noc(-c5ccc(-c6ccc(C)cc6)cc5)n4)cc3)cc2)c(C(F)(F)F)c1. The van der Waals surface area contributed by atoms with Crippen LogP contribution in [0, 0.1) is 19.3 Å². The highest BCUT2D eigenvalue weighted by atomic mass is 19.4. The number of esters is 1. The summed E-state index contributed by atoms with van der Waals surface area (Å²) in [7, 11) is 3.73. The van der Waals surface area contributed by atoms with Crippen LogP contribution in [0.4, 0.5) is 37.7 Å². The van der Waals surface area contributed by atoms with Gasteiger partial charge in [-0.1, -0.05) is 155 Å². The maximum atomic E-state index is 14.0. The van der Waals surface area contributed by atoms with Crippen LogP contribution in [-0.4, -0.2) is 111 Å². The summed E-state index contributed by atoms with van der Waals surface area (Å²) in [5.74, 6) is -3.26. The molecule has 588 valence electrons. The van der Waals surface area contributed by atoms with Gasteiger partial charge in [-0.3, -0.25) is 33.6 Å². The van der Waals surface area contributed by atoms with Crippen molar-refractivity contribution in [2.75, 3.05) is 45.1 Å². The van der Waals surface area contributed by atoms with E-state index in [2.05, 4.69) is 79.4 Å². The predicted octanol–water partition coefficient (Wildman–Crippen LogP) is 17.7. The van der Waals surface area contributed by atoms with Gasteiger partial charge in [0.2, 0.25) is 23.5 Å². The second-order valence-corrected chi connectivity index (χ2v) is 27.6. The summed E-state index contributed by atoms with van der Waals surface area (Å²) in [5, 5.41) is 22.9. The van der Waals surface area contributed by atoms with Crippen molar-refractivity contribution in [1.82, 2.24) is 30.1 Å². The lowest BCUT2D eigenvalue weighted by Crippen LogP contribution is -2.38. The molecule has 115 heavy (non-hydrogen) atoms. The Morgan fingerprint density at radius 3 is 1.11 bits per heavy atom. The third-order valence-electron chi connectivity index (χ3n) is 18.5. The molecule has 2 heterocycles. The molecule has 0 spiro atoms. The van der Waals surface area contributed by atoms with Crippen molar-refractivity contribution in [3.63, 3.8) is 0 Å². The van der Waals surface area contributed by atoms with Crippen molar-refractivity contribution in [2.24, 2.45) is 5.41 Å². The number of carboxylic acid groups (broad SMARTS) is 1. The standard InChI is InChI=1S/C47H43F3N4O7.C41H33F3N4O6/c1-29-6-10-31(11-7-29)32-14-16-34(17-15-32)43-52-42(53-61-43)33-12-8-30(9-13-33)27-54(28-38(55)26-46(2,3)45(58)60-5)44(57)35-18-21-37(22-19-35)51-41(56)24-36-20-23-39(59-4)25-40(36)47(48,49)50;1-25-3-7-27(8-4-25)28-11-13-30(14-12-28)39-46-38(47-54-39)29-9-5-26(6-10-29)23-48(24-37(50)51)40(52)31-15-18-33(19-16-31)45-36(49)21-32-17-20-34(53-2)22-35(32)41(42,43)44/h6-23,25H,24,26-28H2,1-5H3,(H,51,56);3-20,22H,21,23-24H2,1-2H3,(H,45,49)(H,50,51). The van der Waals surface area contributed by atoms with Crippen molar-refractivity contribution in [1.29, 1.82) is 0 Å². The Labute approximate surface area is 656 Å². The van der Waals surface area contributed by atoms with Crippen LogP contribution in [0.15, 0.2) is 240 Å². The minimum atomic E-state index is -4.70. The molecule has 0 aliphatic carbocycles. The summed E-state index contributed by atoms with van der Waals surface area (Å²) in [6.45, 7) is 6.30. The molecule has 0 unspecified atom stereocenters. The van der Waals surface area contributed by atoms with E-state index in [0.29, 0.717) is 45.7 Å². The number of anilines is 2. The Morgan fingerprint density at radius 1 is 0.435 bits per heavy atom. The van der Waals surface area contributed by atoms with Crippen LogP contribution in [0.25, 0.3) is 67.9 Å². The summed E-state index contributed by atoms with van der Waals surface area (Å²) >= 11 is 0. The van der Waals surface area contributed by atoms with Gasteiger partial charge in [-0.25, -0.2) is 0 Å². The number of alkyl halides is 6. The Balaban J connectivity index is 0.000000228. The maximum Gasteiger partial charge on any atom is 0.416 e. The monoisotopic (exact) mass is 1570 g/mol. The number of hydrogen-bond acceptors (Lipinski definition) is 16. The third-order valence-corrected chi connectivity index (χ3v) is 18.5. The van der Waals surface area contributed by atoms with Gasteiger partial charge in [0.15, 0.2) is 5.78 Å². The number of ketones is 1. The average molecular weight is 1570 g/mol. The van der Waals surface area contributed by atoms with Crippen LogP contribution in [0.2, 0.25) is 0 Å². The number of aryl methyl sites for hydroxylation is 2. The molecule has 27 heteroatoms. The molecule has 0 saturated heterocycles. The van der Waals surface area contributed by atoms with Crippen LogP contribution in [0.3, 0.4) is 0 Å². The second-order valence-electron chi connectivity index (χ2n) is 27.6. The van der Waals surface area contributed by atoms with Crippen LogP contribution in [0.1, 0.15) is 85.5 Å². The number of amides is 4. The molecule has 0 aliphatic heterocycles. The van der Waals surface area contributed by atoms with Gasteiger partial charge in [0.25, 0.3) is 23.6 Å². The van der Waals surface area contributed by atoms with Crippen LogP contribution in [0.5, 0.6) is 11.5 Å². The van der Waals surface area contributed by atoms with Gasteiger partial charge < -0.3 is 48.8 Å². The molecule has 10 aromatic carbocycles. The number of Topliss-reactive ketones (excluding diaryl/α,β-unsaturated/α-hetero) is 1. The fraction of sp³-hybridized carbons (Fsp3) is 0.193. The lowest BCUT2D eigenvalue weighted by atomic mass is 9.87. The number of carbonyl (C=O) groups excluding carboxylic acids is 6. The molecule has 0 atom stereocenters. The zero-order valence-corrected chi connectivity index (χ0v) is 63.2. The molecule has 2 aromatic heterocycles. The predicted molar refractivity (Wildman–Crippen MR) is 417 cm³/mol. The van der Waals surface area contributed by atoms with Crippen LogP contribution >= 0.6 is 0 Å². The topological polar surface area (TPSA) is 276 Å². The van der Waals surface area contributed by atoms with Crippen molar-refractivity contribution in [2.45, 2.75) is 72.4 Å². The Hall–Kier alpha value is -13.9.